The molecule has 0 bridgehead atoms. The Morgan fingerprint density at radius 3 is 2.68 bits per heavy atom. The molecule has 1 heterocycles. The van der Waals surface area contributed by atoms with Gasteiger partial charge in [0.05, 0.1) is 10.6 Å². The third kappa shape index (κ3) is 4.29. The largest absolute Gasteiger partial charge is 0.324 e. The number of aromatic nitrogens is 2. The molecule has 0 aliphatic rings. The molecule has 0 aliphatic heterocycles. The molecule has 0 fully saturated rings. The number of hydrogen-bond acceptors (Lipinski definition) is 5. The fraction of sp³-hybridized carbons (Fsp3) is 0.150. The lowest BCUT2D eigenvalue weighted by Gasteiger charge is -2.11. The molecular formula is C20H18N4O4. The van der Waals surface area contributed by atoms with Crippen LogP contribution in [-0.2, 0) is 11.3 Å². The summed E-state index contributed by atoms with van der Waals surface area (Å²) in [7, 11) is 0. The normalized spacial score (nSPS) is 10.5. The first kappa shape index (κ1) is 19.0. The van der Waals surface area contributed by atoms with E-state index < -0.39 is 10.5 Å². The molecule has 2 aromatic carbocycles. The van der Waals surface area contributed by atoms with Gasteiger partial charge in [0.25, 0.3) is 11.2 Å². The molecule has 3 aromatic rings. The van der Waals surface area contributed by atoms with Gasteiger partial charge in [0, 0.05) is 29.4 Å². The van der Waals surface area contributed by atoms with E-state index >= 15 is 0 Å². The number of carbonyl (C=O) groups is 1. The van der Waals surface area contributed by atoms with Crippen molar-refractivity contribution in [3.05, 3.63) is 86.2 Å². The van der Waals surface area contributed by atoms with E-state index in [1.807, 2.05) is 32.0 Å². The van der Waals surface area contributed by atoms with Crippen LogP contribution in [0.2, 0.25) is 0 Å². The average molecular weight is 378 g/mol. The topological polar surface area (TPSA) is 107 Å². The summed E-state index contributed by atoms with van der Waals surface area (Å²) in [6.45, 7) is 3.53. The second-order valence-electron chi connectivity index (χ2n) is 6.39. The summed E-state index contributed by atoms with van der Waals surface area (Å²) in [5, 5.41) is 17.9. The van der Waals surface area contributed by atoms with E-state index in [1.54, 1.807) is 6.07 Å². The molecule has 1 amide bonds. The number of nitro groups is 1. The van der Waals surface area contributed by atoms with Crippen LogP contribution in [0.15, 0.2) is 59.4 Å². The van der Waals surface area contributed by atoms with Crippen LogP contribution in [-0.4, -0.2) is 20.6 Å². The summed E-state index contributed by atoms with van der Waals surface area (Å²) >= 11 is 0. The molecule has 0 unspecified atom stereocenters. The second-order valence-corrected chi connectivity index (χ2v) is 6.39. The van der Waals surface area contributed by atoms with Gasteiger partial charge < -0.3 is 5.32 Å². The number of amides is 1. The maximum Gasteiger partial charge on any atom is 0.270 e. The number of rotatable bonds is 5. The first-order chi connectivity index (χ1) is 13.3. The fourth-order valence-electron chi connectivity index (χ4n) is 2.69. The van der Waals surface area contributed by atoms with E-state index in [0.29, 0.717) is 16.9 Å². The van der Waals surface area contributed by atoms with Crippen LogP contribution >= 0.6 is 0 Å². The van der Waals surface area contributed by atoms with Crippen molar-refractivity contribution < 1.29 is 9.72 Å². The number of aryl methyl sites for hydroxylation is 2. The van der Waals surface area contributed by atoms with Crippen LogP contribution in [0, 0.1) is 24.0 Å². The van der Waals surface area contributed by atoms with Crippen molar-refractivity contribution in [1.82, 2.24) is 9.78 Å². The molecule has 0 aliphatic carbocycles. The Morgan fingerprint density at radius 1 is 1.14 bits per heavy atom. The minimum Gasteiger partial charge on any atom is -0.324 e. The molecule has 1 N–H and O–H groups in total. The highest BCUT2D eigenvalue weighted by Gasteiger charge is 2.12. The Balaban J connectivity index is 1.85. The predicted octanol–water partition coefficient (Wildman–Crippen LogP) is 3.07. The van der Waals surface area contributed by atoms with Gasteiger partial charge in [-0.3, -0.25) is 19.7 Å². The Bertz CT molecular complexity index is 1120. The van der Waals surface area contributed by atoms with Gasteiger partial charge in [-0.2, -0.15) is 5.10 Å². The maximum absolute atomic E-state index is 12.4. The number of nitro benzene ring substituents is 1. The minimum atomic E-state index is -0.503. The van der Waals surface area contributed by atoms with E-state index in [4.69, 9.17) is 0 Å². The van der Waals surface area contributed by atoms with Gasteiger partial charge in [0.2, 0.25) is 5.91 Å². The lowest BCUT2D eigenvalue weighted by molar-refractivity contribution is -0.384. The molecule has 142 valence electrons. The molecule has 8 heteroatoms. The van der Waals surface area contributed by atoms with Crippen molar-refractivity contribution in [3.63, 3.8) is 0 Å². The van der Waals surface area contributed by atoms with Crippen molar-refractivity contribution >= 4 is 17.3 Å². The first-order valence-electron chi connectivity index (χ1n) is 8.53. The number of anilines is 1. The van der Waals surface area contributed by atoms with Crippen LogP contribution in [0.1, 0.15) is 11.1 Å². The molecule has 0 saturated carbocycles. The lowest BCUT2D eigenvalue weighted by Crippen LogP contribution is -2.29. The van der Waals surface area contributed by atoms with E-state index in [1.165, 1.54) is 30.3 Å². The number of nitrogens with one attached hydrogen (secondary N) is 1. The van der Waals surface area contributed by atoms with Crippen LogP contribution in [0.25, 0.3) is 11.3 Å². The molecular weight excluding hydrogens is 360 g/mol. The Morgan fingerprint density at radius 2 is 1.93 bits per heavy atom. The van der Waals surface area contributed by atoms with E-state index in [2.05, 4.69) is 10.4 Å². The van der Waals surface area contributed by atoms with Crippen LogP contribution in [0.4, 0.5) is 11.4 Å². The standard InChI is InChI=1S/C20H18N4O4/c1-13-6-7-14(2)18(10-13)21-19(25)12-23-20(26)9-8-17(22-23)15-4-3-5-16(11-15)24(27)28/h3-11H,12H2,1-2H3,(H,21,25). The van der Waals surface area contributed by atoms with Crippen LogP contribution < -0.4 is 10.9 Å². The van der Waals surface area contributed by atoms with Gasteiger partial charge >= 0.3 is 0 Å². The quantitative estimate of drug-likeness (QED) is 0.542. The minimum absolute atomic E-state index is 0.0790. The summed E-state index contributed by atoms with van der Waals surface area (Å²) in [6, 6.07) is 14.4. The van der Waals surface area contributed by atoms with Gasteiger partial charge in [0.15, 0.2) is 0 Å². The zero-order valence-electron chi connectivity index (χ0n) is 15.4. The average Bonchev–Trinajstić information content (AvgIpc) is 2.66. The number of hydrogen-bond donors (Lipinski definition) is 1. The summed E-state index contributed by atoms with van der Waals surface area (Å²) in [5.74, 6) is -0.389. The third-order valence-corrected chi connectivity index (χ3v) is 4.18. The number of nitrogens with zero attached hydrogens (tertiary/aromatic N) is 3. The summed E-state index contributed by atoms with van der Waals surface area (Å²) < 4.78 is 1.04. The Kier molecular flexibility index (Phi) is 5.30. The van der Waals surface area contributed by atoms with Crippen molar-refractivity contribution in [2.75, 3.05) is 5.32 Å². The highest BCUT2D eigenvalue weighted by atomic mass is 16.6. The highest BCUT2D eigenvalue weighted by Crippen LogP contribution is 2.21. The summed E-state index contributed by atoms with van der Waals surface area (Å²) in [5.41, 5.74) is 2.91. The monoisotopic (exact) mass is 378 g/mol. The number of carbonyl (C=O) groups excluding carboxylic acids is 1. The molecule has 3 rings (SSSR count). The lowest BCUT2D eigenvalue weighted by atomic mass is 10.1. The zero-order valence-corrected chi connectivity index (χ0v) is 15.4. The fourth-order valence-corrected chi connectivity index (χ4v) is 2.69. The highest BCUT2D eigenvalue weighted by molar-refractivity contribution is 5.91. The molecule has 0 spiro atoms. The SMILES string of the molecule is Cc1ccc(C)c(NC(=O)Cn2nc(-c3cccc([N+](=O)[O-])c3)ccc2=O)c1. The van der Waals surface area contributed by atoms with Crippen LogP contribution in [0.3, 0.4) is 0 Å². The van der Waals surface area contributed by atoms with Crippen molar-refractivity contribution in [1.29, 1.82) is 0 Å². The maximum atomic E-state index is 12.4. The van der Waals surface area contributed by atoms with Gasteiger partial charge in [-0.15, -0.1) is 0 Å². The van der Waals surface area contributed by atoms with Gasteiger partial charge in [-0.1, -0.05) is 24.3 Å². The zero-order chi connectivity index (χ0) is 20.3. The summed E-state index contributed by atoms with van der Waals surface area (Å²) in [6.07, 6.45) is 0. The first-order valence-corrected chi connectivity index (χ1v) is 8.53. The van der Waals surface area contributed by atoms with E-state index in [9.17, 15) is 19.7 Å². The Labute approximate surface area is 160 Å². The van der Waals surface area contributed by atoms with E-state index in [0.717, 1.165) is 15.8 Å². The van der Waals surface area contributed by atoms with E-state index in [-0.39, 0.29) is 18.1 Å². The molecule has 0 radical (unpaired) electrons. The molecule has 1 aromatic heterocycles. The Hall–Kier alpha value is -3.81. The summed E-state index contributed by atoms with van der Waals surface area (Å²) in [4.78, 5) is 34.9. The molecule has 0 saturated heterocycles. The second kappa shape index (κ2) is 7.83. The van der Waals surface area contributed by atoms with Crippen molar-refractivity contribution in [3.8, 4) is 11.3 Å². The van der Waals surface area contributed by atoms with Gasteiger partial charge in [0.1, 0.15) is 6.54 Å². The number of benzene rings is 2. The smallest absolute Gasteiger partial charge is 0.270 e. The molecule has 28 heavy (non-hydrogen) atoms. The van der Waals surface area contributed by atoms with Gasteiger partial charge in [-0.25, -0.2) is 4.68 Å². The molecule has 8 nitrogen and oxygen atoms in total. The van der Waals surface area contributed by atoms with Crippen LogP contribution in [0.5, 0.6) is 0 Å². The van der Waals surface area contributed by atoms with Crippen molar-refractivity contribution in [2.24, 2.45) is 0 Å². The van der Waals surface area contributed by atoms with Crippen molar-refractivity contribution in [2.45, 2.75) is 20.4 Å². The number of non-ortho nitro benzene ring substituents is 1. The van der Waals surface area contributed by atoms with Gasteiger partial charge in [-0.05, 0) is 37.1 Å². The third-order valence-electron chi connectivity index (χ3n) is 4.18. The predicted molar refractivity (Wildman–Crippen MR) is 105 cm³/mol. The molecule has 0 atom stereocenters.